The van der Waals surface area contributed by atoms with Crippen molar-refractivity contribution in [2.24, 2.45) is 5.73 Å². The predicted molar refractivity (Wildman–Crippen MR) is 93.8 cm³/mol. The number of phenolic OH excluding ortho intramolecular Hbond substituents is 1. The molecule has 3 nitrogen and oxygen atoms in total. The predicted octanol–water partition coefficient (Wildman–Crippen LogP) is 3.94. The maximum atomic E-state index is 10.3. The summed E-state index contributed by atoms with van der Waals surface area (Å²) in [6, 6.07) is 12.4. The average molecular weight is 438 g/mol. The number of aliphatic hydroxyl groups is 1. The minimum absolute atomic E-state index is 0. The lowest BCUT2D eigenvalue weighted by Gasteiger charge is -2.21. The summed E-state index contributed by atoms with van der Waals surface area (Å²) in [6.07, 6.45) is -0.338. The molecule has 0 spiro atoms. The highest BCUT2D eigenvalue weighted by molar-refractivity contribution is 9.11. The van der Waals surface area contributed by atoms with Crippen LogP contribution in [-0.4, -0.2) is 16.3 Å². The highest BCUT2D eigenvalue weighted by atomic mass is 79.9. The number of benzene rings is 2. The molecule has 4 N–H and O–H groups in total. The van der Waals surface area contributed by atoms with E-state index >= 15 is 0 Å². The molecule has 2 atom stereocenters. The SMILES string of the molecule is Cl.N[C@@H](c1cc(Br)cc(Br)c1O)[C@H](O)Cc1ccccc1. The molecule has 0 unspecified atom stereocenters. The molecule has 0 saturated carbocycles. The van der Waals surface area contributed by atoms with Gasteiger partial charge in [0.25, 0.3) is 0 Å². The second-order valence-electron chi connectivity index (χ2n) is 4.61. The maximum Gasteiger partial charge on any atom is 0.134 e. The largest absolute Gasteiger partial charge is 0.506 e. The lowest BCUT2D eigenvalue weighted by molar-refractivity contribution is 0.143. The Morgan fingerprint density at radius 2 is 1.71 bits per heavy atom. The van der Waals surface area contributed by atoms with Gasteiger partial charge in [0, 0.05) is 16.5 Å². The third kappa shape index (κ3) is 4.69. The van der Waals surface area contributed by atoms with E-state index in [1.807, 2.05) is 30.3 Å². The normalized spacial score (nSPS) is 13.3. The van der Waals surface area contributed by atoms with Crippen LogP contribution in [0.5, 0.6) is 5.75 Å². The Kier molecular flexibility index (Phi) is 7.16. The van der Waals surface area contributed by atoms with Crippen LogP contribution < -0.4 is 5.73 Å². The third-order valence-corrected chi connectivity index (χ3v) is 4.18. The fraction of sp³-hybridized carbons (Fsp3) is 0.200. The summed E-state index contributed by atoms with van der Waals surface area (Å²) in [4.78, 5) is 0. The van der Waals surface area contributed by atoms with E-state index in [1.165, 1.54) is 0 Å². The van der Waals surface area contributed by atoms with Crippen molar-refractivity contribution >= 4 is 44.3 Å². The first-order valence-electron chi connectivity index (χ1n) is 6.14. The van der Waals surface area contributed by atoms with Gasteiger partial charge in [-0.15, -0.1) is 12.4 Å². The zero-order chi connectivity index (χ0) is 14.7. The van der Waals surface area contributed by atoms with Gasteiger partial charge in [0.2, 0.25) is 0 Å². The highest BCUT2D eigenvalue weighted by Crippen LogP contribution is 2.35. The number of nitrogens with two attached hydrogens (primary N) is 1. The molecule has 0 fully saturated rings. The third-order valence-electron chi connectivity index (χ3n) is 3.12. The van der Waals surface area contributed by atoms with E-state index in [4.69, 9.17) is 5.73 Å². The monoisotopic (exact) mass is 435 g/mol. The number of halogens is 3. The smallest absolute Gasteiger partial charge is 0.134 e. The molecule has 0 radical (unpaired) electrons. The molecule has 6 heteroatoms. The number of phenols is 1. The van der Waals surface area contributed by atoms with E-state index in [0.29, 0.717) is 16.5 Å². The molecular weight excluding hydrogens is 421 g/mol. The van der Waals surface area contributed by atoms with Gasteiger partial charge in [-0.3, -0.25) is 0 Å². The van der Waals surface area contributed by atoms with Gasteiger partial charge < -0.3 is 15.9 Å². The van der Waals surface area contributed by atoms with Gasteiger partial charge in [-0.2, -0.15) is 0 Å². The molecule has 0 aliphatic carbocycles. The van der Waals surface area contributed by atoms with E-state index in [-0.39, 0.29) is 18.2 Å². The number of hydrogen-bond donors (Lipinski definition) is 3. The van der Waals surface area contributed by atoms with E-state index < -0.39 is 12.1 Å². The molecule has 21 heavy (non-hydrogen) atoms. The highest BCUT2D eigenvalue weighted by Gasteiger charge is 2.22. The van der Waals surface area contributed by atoms with Crippen molar-refractivity contribution < 1.29 is 10.2 Å². The van der Waals surface area contributed by atoms with Crippen LogP contribution >= 0.6 is 44.3 Å². The number of rotatable bonds is 4. The number of aromatic hydroxyl groups is 1. The van der Waals surface area contributed by atoms with Gasteiger partial charge in [-0.25, -0.2) is 0 Å². The summed E-state index contributed by atoms with van der Waals surface area (Å²) < 4.78 is 1.34. The molecule has 0 bridgehead atoms. The van der Waals surface area contributed by atoms with E-state index in [1.54, 1.807) is 12.1 Å². The van der Waals surface area contributed by atoms with Crippen LogP contribution in [0.1, 0.15) is 17.2 Å². The van der Waals surface area contributed by atoms with Gasteiger partial charge in [-0.1, -0.05) is 46.3 Å². The van der Waals surface area contributed by atoms with Crippen molar-refractivity contribution in [3.63, 3.8) is 0 Å². The molecule has 2 rings (SSSR count). The summed E-state index contributed by atoms with van der Waals surface area (Å²) in [5.74, 6) is 0.0628. The molecule has 2 aromatic rings. The fourth-order valence-corrected chi connectivity index (χ4v) is 3.29. The minimum Gasteiger partial charge on any atom is -0.506 e. The standard InChI is InChI=1S/C15H15Br2NO2.ClH/c16-10-7-11(15(20)12(17)8-10)14(18)13(19)6-9-4-2-1-3-5-9;/h1-5,7-8,13-14,19-20H,6,18H2;1H/t13-,14+;/m1./s1. The molecule has 0 aliphatic rings. The zero-order valence-corrected chi connectivity index (χ0v) is 15.0. The number of hydrogen-bond acceptors (Lipinski definition) is 3. The first-order chi connectivity index (χ1) is 9.49. The fourth-order valence-electron chi connectivity index (χ4n) is 2.03. The van der Waals surface area contributed by atoms with E-state index in [0.717, 1.165) is 10.0 Å². The Labute approximate surface area is 146 Å². The van der Waals surface area contributed by atoms with Gasteiger partial charge >= 0.3 is 0 Å². The molecule has 0 saturated heterocycles. The first-order valence-corrected chi connectivity index (χ1v) is 7.73. The lowest BCUT2D eigenvalue weighted by atomic mass is 9.96. The van der Waals surface area contributed by atoms with Crippen LogP contribution in [0.15, 0.2) is 51.4 Å². The van der Waals surface area contributed by atoms with Crippen molar-refractivity contribution in [1.29, 1.82) is 0 Å². The van der Waals surface area contributed by atoms with Crippen molar-refractivity contribution in [3.8, 4) is 5.75 Å². The van der Waals surface area contributed by atoms with Gasteiger partial charge in [0.1, 0.15) is 5.75 Å². The van der Waals surface area contributed by atoms with Crippen molar-refractivity contribution in [2.75, 3.05) is 0 Å². The Balaban J connectivity index is 0.00000220. The van der Waals surface area contributed by atoms with E-state index in [2.05, 4.69) is 31.9 Å². The van der Waals surface area contributed by atoms with Crippen molar-refractivity contribution in [3.05, 3.63) is 62.5 Å². The van der Waals surface area contributed by atoms with Crippen LogP contribution in [0.25, 0.3) is 0 Å². The minimum atomic E-state index is -0.774. The second-order valence-corrected chi connectivity index (χ2v) is 6.38. The van der Waals surface area contributed by atoms with Crippen molar-refractivity contribution in [2.45, 2.75) is 18.6 Å². The molecule has 2 aromatic carbocycles. The second kappa shape index (κ2) is 8.15. The van der Waals surface area contributed by atoms with Gasteiger partial charge in [0.05, 0.1) is 16.6 Å². The Hall–Kier alpha value is -0.590. The summed E-state index contributed by atoms with van der Waals surface area (Å²) in [5, 5.41) is 20.3. The average Bonchev–Trinajstić information content (AvgIpc) is 2.43. The van der Waals surface area contributed by atoms with Crippen molar-refractivity contribution in [1.82, 2.24) is 0 Å². The van der Waals surface area contributed by atoms with Gasteiger partial charge in [-0.05, 0) is 33.6 Å². The number of aliphatic hydroxyl groups excluding tert-OH is 1. The first kappa shape index (κ1) is 18.5. The van der Waals surface area contributed by atoms with Crippen LogP contribution in [-0.2, 0) is 6.42 Å². The van der Waals surface area contributed by atoms with Crippen LogP contribution in [0.4, 0.5) is 0 Å². The Morgan fingerprint density at radius 1 is 1.10 bits per heavy atom. The maximum absolute atomic E-state index is 10.3. The summed E-state index contributed by atoms with van der Waals surface area (Å²) in [6.45, 7) is 0. The summed E-state index contributed by atoms with van der Waals surface area (Å²) >= 11 is 6.62. The zero-order valence-electron chi connectivity index (χ0n) is 11.0. The van der Waals surface area contributed by atoms with Crippen LogP contribution in [0.3, 0.4) is 0 Å². The van der Waals surface area contributed by atoms with E-state index in [9.17, 15) is 10.2 Å². The molecule has 0 heterocycles. The van der Waals surface area contributed by atoms with Crippen LogP contribution in [0, 0.1) is 0 Å². The molecular formula is C15H16Br2ClNO2. The molecule has 0 aliphatic heterocycles. The van der Waals surface area contributed by atoms with Gasteiger partial charge in [0.15, 0.2) is 0 Å². The summed E-state index contributed by atoms with van der Waals surface area (Å²) in [5.41, 5.74) is 7.59. The molecule has 0 aromatic heterocycles. The Morgan fingerprint density at radius 3 is 2.33 bits per heavy atom. The quantitative estimate of drug-likeness (QED) is 0.679. The Bertz CT molecular complexity index is 596. The lowest BCUT2D eigenvalue weighted by Crippen LogP contribution is -2.28. The summed E-state index contributed by atoms with van der Waals surface area (Å²) in [7, 11) is 0. The molecule has 0 amide bonds. The molecule has 114 valence electrons. The topological polar surface area (TPSA) is 66.5 Å². The van der Waals surface area contributed by atoms with Crippen LogP contribution in [0.2, 0.25) is 0 Å².